The Balaban J connectivity index is 1.97. The number of hydrogen-bond donors (Lipinski definition) is 2. The number of benzene rings is 2. The molecule has 0 spiro atoms. The summed E-state index contributed by atoms with van der Waals surface area (Å²) in [5.74, 6) is 0.0722. The Hall–Kier alpha value is -2.58. The number of nitrogens with one attached hydrogen (secondary N) is 2. The molecule has 0 unspecified atom stereocenters. The van der Waals surface area contributed by atoms with Gasteiger partial charge in [0.1, 0.15) is 18.1 Å². The SMILES string of the molecule is COCCOc1ccc(C(=O)NNC(=O)c2ccccc2OC)cc1Br. The number of ether oxygens (including phenoxy) is 3. The largest absolute Gasteiger partial charge is 0.496 e. The first-order valence-electron chi connectivity index (χ1n) is 7.71. The average molecular weight is 423 g/mol. The van der Waals surface area contributed by atoms with Gasteiger partial charge in [-0.1, -0.05) is 12.1 Å². The number of rotatable bonds is 7. The second-order valence-electron chi connectivity index (χ2n) is 5.09. The molecule has 0 fully saturated rings. The minimum Gasteiger partial charge on any atom is -0.496 e. The van der Waals surface area contributed by atoms with Crippen LogP contribution in [0.5, 0.6) is 11.5 Å². The summed E-state index contributed by atoms with van der Waals surface area (Å²) in [4.78, 5) is 24.4. The van der Waals surface area contributed by atoms with E-state index < -0.39 is 11.8 Å². The molecular formula is C18H19BrN2O5. The van der Waals surface area contributed by atoms with Gasteiger partial charge in [-0.05, 0) is 46.3 Å². The fourth-order valence-corrected chi connectivity index (χ4v) is 2.57. The molecule has 8 heteroatoms. The third-order valence-electron chi connectivity index (χ3n) is 3.38. The van der Waals surface area contributed by atoms with Crippen molar-refractivity contribution < 1.29 is 23.8 Å². The first kappa shape index (κ1) is 19.7. The van der Waals surface area contributed by atoms with Crippen molar-refractivity contribution in [2.24, 2.45) is 0 Å². The van der Waals surface area contributed by atoms with Crippen molar-refractivity contribution in [3.63, 3.8) is 0 Å². The van der Waals surface area contributed by atoms with Crippen LogP contribution in [-0.4, -0.2) is 39.2 Å². The second kappa shape index (κ2) is 9.79. The van der Waals surface area contributed by atoms with Crippen LogP contribution < -0.4 is 20.3 Å². The van der Waals surface area contributed by atoms with E-state index in [4.69, 9.17) is 14.2 Å². The lowest BCUT2D eigenvalue weighted by molar-refractivity contribution is 0.0845. The van der Waals surface area contributed by atoms with Crippen LogP contribution in [-0.2, 0) is 4.74 Å². The molecular weight excluding hydrogens is 404 g/mol. The van der Waals surface area contributed by atoms with E-state index in [2.05, 4.69) is 26.8 Å². The summed E-state index contributed by atoms with van der Waals surface area (Å²) >= 11 is 3.35. The molecule has 0 radical (unpaired) electrons. The van der Waals surface area contributed by atoms with Crippen LogP contribution in [0.2, 0.25) is 0 Å². The number of amides is 2. The Morgan fingerprint density at radius 2 is 1.69 bits per heavy atom. The van der Waals surface area contributed by atoms with Gasteiger partial charge in [0.25, 0.3) is 11.8 Å². The molecule has 0 bridgehead atoms. The monoisotopic (exact) mass is 422 g/mol. The normalized spacial score (nSPS) is 10.1. The van der Waals surface area contributed by atoms with E-state index in [0.29, 0.717) is 40.3 Å². The van der Waals surface area contributed by atoms with Gasteiger partial charge < -0.3 is 14.2 Å². The molecule has 0 aliphatic heterocycles. The standard InChI is InChI=1S/C18H19BrN2O5/c1-24-9-10-26-16-8-7-12(11-14(16)19)17(22)20-21-18(23)13-5-3-4-6-15(13)25-2/h3-8,11H,9-10H2,1-2H3,(H,20,22)(H,21,23). The molecule has 0 atom stereocenters. The van der Waals surface area contributed by atoms with Gasteiger partial charge in [0.15, 0.2) is 0 Å². The highest BCUT2D eigenvalue weighted by atomic mass is 79.9. The quantitative estimate of drug-likeness (QED) is 0.528. The van der Waals surface area contributed by atoms with Crippen molar-refractivity contribution in [3.05, 3.63) is 58.1 Å². The predicted molar refractivity (Wildman–Crippen MR) is 99.4 cm³/mol. The molecule has 138 valence electrons. The zero-order valence-corrected chi connectivity index (χ0v) is 16.0. The highest BCUT2D eigenvalue weighted by Crippen LogP contribution is 2.26. The fourth-order valence-electron chi connectivity index (χ4n) is 2.08. The van der Waals surface area contributed by atoms with Gasteiger partial charge in [-0.15, -0.1) is 0 Å². The van der Waals surface area contributed by atoms with Crippen molar-refractivity contribution in [2.75, 3.05) is 27.4 Å². The molecule has 2 aromatic rings. The molecule has 0 heterocycles. The van der Waals surface area contributed by atoms with Gasteiger partial charge in [0.2, 0.25) is 0 Å². The highest BCUT2D eigenvalue weighted by Gasteiger charge is 2.14. The molecule has 26 heavy (non-hydrogen) atoms. The molecule has 0 aliphatic carbocycles. The fraction of sp³-hybridized carbons (Fsp3) is 0.222. The average Bonchev–Trinajstić information content (AvgIpc) is 2.67. The lowest BCUT2D eigenvalue weighted by atomic mass is 10.2. The molecule has 0 saturated heterocycles. The van der Waals surface area contributed by atoms with Crippen LogP contribution in [0.3, 0.4) is 0 Å². The number of hydrogen-bond acceptors (Lipinski definition) is 5. The van der Waals surface area contributed by atoms with Crippen LogP contribution in [0.1, 0.15) is 20.7 Å². The molecule has 7 nitrogen and oxygen atoms in total. The van der Waals surface area contributed by atoms with Gasteiger partial charge in [-0.2, -0.15) is 0 Å². The summed E-state index contributed by atoms with van der Waals surface area (Å²) in [5, 5.41) is 0. The van der Waals surface area contributed by atoms with Crippen molar-refractivity contribution in [2.45, 2.75) is 0 Å². The summed E-state index contributed by atoms with van der Waals surface area (Å²) in [6.07, 6.45) is 0. The topological polar surface area (TPSA) is 85.9 Å². The maximum Gasteiger partial charge on any atom is 0.273 e. The number of para-hydroxylation sites is 1. The predicted octanol–water partition coefficient (Wildman–Crippen LogP) is 2.56. The Bertz CT molecular complexity index is 782. The van der Waals surface area contributed by atoms with E-state index in [9.17, 15) is 9.59 Å². The lowest BCUT2D eigenvalue weighted by Gasteiger charge is -2.11. The Labute approximate surface area is 159 Å². The minimum atomic E-state index is -0.477. The van der Waals surface area contributed by atoms with Gasteiger partial charge in [-0.25, -0.2) is 0 Å². The van der Waals surface area contributed by atoms with Crippen LogP contribution in [0, 0.1) is 0 Å². The number of methoxy groups -OCH3 is 2. The number of hydrazine groups is 1. The van der Waals surface area contributed by atoms with Gasteiger partial charge in [0, 0.05) is 12.7 Å². The lowest BCUT2D eigenvalue weighted by Crippen LogP contribution is -2.41. The van der Waals surface area contributed by atoms with Crippen molar-refractivity contribution in [1.29, 1.82) is 0 Å². The first-order valence-corrected chi connectivity index (χ1v) is 8.51. The third kappa shape index (κ3) is 5.21. The second-order valence-corrected chi connectivity index (χ2v) is 5.95. The summed E-state index contributed by atoms with van der Waals surface area (Å²) in [6.45, 7) is 0.860. The van der Waals surface area contributed by atoms with E-state index in [1.807, 2.05) is 0 Å². The van der Waals surface area contributed by atoms with E-state index in [0.717, 1.165) is 0 Å². The van der Waals surface area contributed by atoms with Gasteiger partial charge >= 0.3 is 0 Å². The molecule has 2 amide bonds. The summed E-state index contributed by atoms with van der Waals surface area (Å²) in [5.41, 5.74) is 5.41. The molecule has 0 aromatic heterocycles. The first-order chi connectivity index (χ1) is 12.6. The minimum absolute atomic E-state index is 0.318. The molecule has 2 N–H and O–H groups in total. The Kier molecular flexibility index (Phi) is 7.43. The van der Waals surface area contributed by atoms with Crippen LogP contribution in [0.25, 0.3) is 0 Å². The highest BCUT2D eigenvalue weighted by molar-refractivity contribution is 9.10. The summed E-state index contributed by atoms with van der Waals surface area (Å²) < 4.78 is 16.2. The zero-order chi connectivity index (χ0) is 18.9. The number of carbonyl (C=O) groups is 2. The summed E-state index contributed by atoms with van der Waals surface area (Å²) in [7, 11) is 3.06. The van der Waals surface area contributed by atoms with E-state index in [1.54, 1.807) is 49.6 Å². The molecule has 0 saturated carbocycles. The van der Waals surface area contributed by atoms with E-state index in [-0.39, 0.29) is 0 Å². The van der Waals surface area contributed by atoms with Crippen LogP contribution in [0.4, 0.5) is 0 Å². The molecule has 0 aliphatic rings. The molecule has 2 rings (SSSR count). The summed E-state index contributed by atoms with van der Waals surface area (Å²) in [6, 6.07) is 11.6. The van der Waals surface area contributed by atoms with Crippen molar-refractivity contribution in [1.82, 2.24) is 10.9 Å². The van der Waals surface area contributed by atoms with Crippen LogP contribution >= 0.6 is 15.9 Å². The van der Waals surface area contributed by atoms with Gasteiger partial charge in [0.05, 0.1) is 23.8 Å². The molecule has 2 aromatic carbocycles. The Morgan fingerprint density at radius 1 is 0.962 bits per heavy atom. The van der Waals surface area contributed by atoms with E-state index in [1.165, 1.54) is 7.11 Å². The number of halogens is 1. The maximum absolute atomic E-state index is 12.2. The Morgan fingerprint density at radius 3 is 2.38 bits per heavy atom. The van der Waals surface area contributed by atoms with Crippen molar-refractivity contribution in [3.8, 4) is 11.5 Å². The smallest absolute Gasteiger partial charge is 0.273 e. The maximum atomic E-state index is 12.2. The number of carbonyl (C=O) groups excluding carboxylic acids is 2. The zero-order valence-electron chi connectivity index (χ0n) is 14.4. The van der Waals surface area contributed by atoms with Crippen molar-refractivity contribution >= 4 is 27.7 Å². The van der Waals surface area contributed by atoms with Gasteiger partial charge in [-0.3, -0.25) is 20.4 Å². The van der Waals surface area contributed by atoms with Crippen LogP contribution in [0.15, 0.2) is 46.9 Å². The van der Waals surface area contributed by atoms with E-state index >= 15 is 0 Å². The third-order valence-corrected chi connectivity index (χ3v) is 4.00.